The van der Waals surface area contributed by atoms with E-state index in [1.165, 1.54) is 6.20 Å². The highest BCUT2D eigenvalue weighted by molar-refractivity contribution is 5.94. The smallest absolute Gasteiger partial charge is 0.256 e. The van der Waals surface area contributed by atoms with Gasteiger partial charge >= 0.3 is 0 Å². The van der Waals surface area contributed by atoms with E-state index < -0.39 is 0 Å². The molecule has 78 valence electrons. The summed E-state index contributed by atoms with van der Waals surface area (Å²) < 4.78 is 4.80. The number of nitrogens with zero attached hydrogens (tertiary/aromatic N) is 1. The Morgan fingerprint density at radius 1 is 1.64 bits per heavy atom. The zero-order valence-corrected chi connectivity index (χ0v) is 8.83. The third kappa shape index (κ3) is 2.87. The highest BCUT2D eigenvalue weighted by atomic mass is 16.5. The Kier molecular flexibility index (Phi) is 3.68. The van der Waals surface area contributed by atoms with Crippen molar-refractivity contribution in [3.63, 3.8) is 0 Å². The van der Waals surface area contributed by atoms with Crippen molar-refractivity contribution in [2.24, 2.45) is 5.92 Å². The minimum Gasteiger partial charge on any atom is -0.361 e. The van der Waals surface area contributed by atoms with E-state index in [2.05, 4.69) is 24.3 Å². The van der Waals surface area contributed by atoms with Gasteiger partial charge in [0.1, 0.15) is 11.3 Å². The number of hydrogen-bond donors (Lipinski definition) is 1. The van der Waals surface area contributed by atoms with Gasteiger partial charge in [0.15, 0.2) is 0 Å². The highest BCUT2D eigenvalue weighted by Crippen LogP contribution is 2.05. The van der Waals surface area contributed by atoms with E-state index in [0.717, 1.165) is 6.42 Å². The molecule has 1 N–H and O–H groups in total. The molecule has 0 saturated carbocycles. The van der Waals surface area contributed by atoms with Crippen LogP contribution in [-0.2, 0) is 0 Å². The fourth-order valence-corrected chi connectivity index (χ4v) is 1.09. The summed E-state index contributed by atoms with van der Waals surface area (Å²) >= 11 is 0. The van der Waals surface area contributed by atoms with E-state index in [4.69, 9.17) is 4.52 Å². The van der Waals surface area contributed by atoms with Crippen molar-refractivity contribution in [3.8, 4) is 0 Å². The lowest BCUT2D eigenvalue weighted by molar-refractivity contribution is 0.0950. The van der Waals surface area contributed by atoms with Crippen molar-refractivity contribution in [1.82, 2.24) is 10.5 Å². The van der Waals surface area contributed by atoms with Crippen LogP contribution in [0.4, 0.5) is 0 Å². The third-order valence-corrected chi connectivity index (χ3v) is 2.00. The van der Waals surface area contributed by atoms with Crippen LogP contribution < -0.4 is 5.32 Å². The van der Waals surface area contributed by atoms with E-state index in [1.54, 1.807) is 6.92 Å². The van der Waals surface area contributed by atoms with Gasteiger partial charge in [-0.2, -0.15) is 0 Å². The fraction of sp³-hybridized carbons (Fsp3) is 0.600. The Hall–Kier alpha value is -1.32. The van der Waals surface area contributed by atoms with Crippen molar-refractivity contribution >= 4 is 5.91 Å². The molecule has 0 aliphatic heterocycles. The molecule has 0 spiro atoms. The summed E-state index contributed by atoms with van der Waals surface area (Å²) in [5.41, 5.74) is 0.522. The molecular weight excluding hydrogens is 180 g/mol. The van der Waals surface area contributed by atoms with Gasteiger partial charge in [-0.15, -0.1) is 0 Å². The zero-order chi connectivity index (χ0) is 10.6. The number of aryl methyl sites for hydroxylation is 1. The first-order valence-corrected chi connectivity index (χ1v) is 4.80. The molecule has 0 unspecified atom stereocenters. The van der Waals surface area contributed by atoms with Gasteiger partial charge in [0.2, 0.25) is 0 Å². The predicted octanol–water partition coefficient (Wildman–Crippen LogP) is 1.76. The molecule has 1 aromatic heterocycles. The molecule has 0 bridgehead atoms. The Bertz CT molecular complexity index is 305. The van der Waals surface area contributed by atoms with Gasteiger partial charge in [0, 0.05) is 6.54 Å². The van der Waals surface area contributed by atoms with Crippen LogP contribution in [0.15, 0.2) is 10.7 Å². The molecule has 4 heteroatoms. The molecule has 14 heavy (non-hydrogen) atoms. The molecular formula is C10H16N2O2. The summed E-state index contributed by atoms with van der Waals surface area (Å²) in [6.07, 6.45) is 2.43. The fourth-order valence-electron chi connectivity index (χ4n) is 1.09. The van der Waals surface area contributed by atoms with E-state index in [9.17, 15) is 4.79 Å². The van der Waals surface area contributed by atoms with E-state index in [1.807, 2.05) is 0 Å². The van der Waals surface area contributed by atoms with Gasteiger partial charge in [-0.1, -0.05) is 19.0 Å². The van der Waals surface area contributed by atoms with Crippen LogP contribution in [-0.4, -0.2) is 17.6 Å². The minimum absolute atomic E-state index is 0.107. The average Bonchev–Trinajstić information content (AvgIpc) is 2.50. The lowest BCUT2D eigenvalue weighted by atomic mass is 10.1. The second kappa shape index (κ2) is 4.79. The van der Waals surface area contributed by atoms with Gasteiger partial charge in [0.05, 0.1) is 6.20 Å². The topological polar surface area (TPSA) is 55.1 Å². The van der Waals surface area contributed by atoms with Crippen LogP contribution in [0.1, 0.15) is 36.4 Å². The normalized spacial score (nSPS) is 10.6. The van der Waals surface area contributed by atoms with Crippen LogP contribution in [0.5, 0.6) is 0 Å². The van der Waals surface area contributed by atoms with Crippen LogP contribution >= 0.6 is 0 Å². The number of hydrogen-bond acceptors (Lipinski definition) is 3. The van der Waals surface area contributed by atoms with Gasteiger partial charge in [-0.3, -0.25) is 4.79 Å². The van der Waals surface area contributed by atoms with E-state index >= 15 is 0 Å². The van der Waals surface area contributed by atoms with Gasteiger partial charge < -0.3 is 9.84 Å². The van der Waals surface area contributed by atoms with Gasteiger partial charge in [-0.05, 0) is 19.3 Å². The summed E-state index contributed by atoms with van der Waals surface area (Å²) in [6.45, 7) is 6.67. The summed E-state index contributed by atoms with van der Waals surface area (Å²) in [5, 5.41) is 6.37. The molecule has 1 amide bonds. The number of nitrogens with one attached hydrogen (secondary N) is 1. The second-order valence-corrected chi connectivity index (χ2v) is 3.73. The number of aromatic nitrogens is 1. The second-order valence-electron chi connectivity index (χ2n) is 3.73. The molecule has 1 rings (SSSR count). The lowest BCUT2D eigenvalue weighted by Gasteiger charge is -2.05. The third-order valence-electron chi connectivity index (χ3n) is 2.00. The average molecular weight is 196 g/mol. The van der Waals surface area contributed by atoms with E-state index in [0.29, 0.717) is 23.8 Å². The molecule has 1 heterocycles. The molecule has 0 aliphatic carbocycles. The lowest BCUT2D eigenvalue weighted by Crippen LogP contribution is -2.25. The number of carbonyl (C=O) groups excluding carboxylic acids is 1. The molecule has 0 aromatic carbocycles. The SMILES string of the molecule is Cc1oncc1C(=O)NCCC(C)C. The molecule has 0 atom stereocenters. The van der Waals surface area contributed by atoms with Crippen molar-refractivity contribution < 1.29 is 9.32 Å². The number of amides is 1. The van der Waals surface area contributed by atoms with Crippen molar-refractivity contribution in [1.29, 1.82) is 0 Å². The number of rotatable bonds is 4. The van der Waals surface area contributed by atoms with Crippen molar-refractivity contribution in [2.45, 2.75) is 27.2 Å². The largest absolute Gasteiger partial charge is 0.361 e. The van der Waals surface area contributed by atoms with Crippen LogP contribution in [0.2, 0.25) is 0 Å². The van der Waals surface area contributed by atoms with Crippen molar-refractivity contribution in [2.75, 3.05) is 6.54 Å². The molecule has 0 saturated heterocycles. The Labute approximate surface area is 83.7 Å². The maximum Gasteiger partial charge on any atom is 0.256 e. The maximum absolute atomic E-state index is 11.5. The Morgan fingerprint density at radius 3 is 2.86 bits per heavy atom. The van der Waals surface area contributed by atoms with Crippen LogP contribution in [0.3, 0.4) is 0 Å². The highest BCUT2D eigenvalue weighted by Gasteiger charge is 2.11. The summed E-state index contributed by atoms with van der Waals surface area (Å²) in [7, 11) is 0. The standard InChI is InChI=1S/C10H16N2O2/c1-7(2)4-5-11-10(13)9-6-12-14-8(9)3/h6-7H,4-5H2,1-3H3,(H,11,13). The number of carbonyl (C=O) groups is 1. The van der Waals surface area contributed by atoms with Crippen molar-refractivity contribution in [3.05, 3.63) is 17.5 Å². The quantitative estimate of drug-likeness (QED) is 0.798. The van der Waals surface area contributed by atoms with Crippen LogP contribution in [0.25, 0.3) is 0 Å². The molecule has 0 aliphatic rings. The first-order valence-electron chi connectivity index (χ1n) is 4.80. The zero-order valence-electron chi connectivity index (χ0n) is 8.83. The van der Waals surface area contributed by atoms with Gasteiger partial charge in [0.25, 0.3) is 5.91 Å². The Balaban J connectivity index is 2.40. The monoisotopic (exact) mass is 196 g/mol. The predicted molar refractivity (Wildman–Crippen MR) is 53.0 cm³/mol. The van der Waals surface area contributed by atoms with E-state index in [-0.39, 0.29) is 5.91 Å². The first kappa shape index (κ1) is 10.8. The summed E-state index contributed by atoms with van der Waals surface area (Å²) in [5.74, 6) is 1.05. The molecule has 0 radical (unpaired) electrons. The van der Waals surface area contributed by atoms with Gasteiger partial charge in [-0.25, -0.2) is 0 Å². The molecule has 1 aromatic rings. The molecule has 4 nitrogen and oxygen atoms in total. The summed E-state index contributed by atoms with van der Waals surface area (Å²) in [6, 6.07) is 0. The first-order chi connectivity index (χ1) is 6.61. The summed E-state index contributed by atoms with van der Waals surface area (Å²) in [4.78, 5) is 11.5. The maximum atomic E-state index is 11.5. The Morgan fingerprint density at radius 2 is 2.36 bits per heavy atom. The van der Waals surface area contributed by atoms with Crippen LogP contribution in [0, 0.1) is 12.8 Å². The molecule has 0 fully saturated rings. The minimum atomic E-state index is -0.107.